The first-order chi connectivity index (χ1) is 15.1. The number of amides is 2. The first kappa shape index (κ1) is 19.5. The van der Waals surface area contributed by atoms with E-state index in [0.29, 0.717) is 54.6 Å². The number of carbonyl (C=O) groups is 2. The summed E-state index contributed by atoms with van der Waals surface area (Å²) < 4.78 is 22.4. The van der Waals surface area contributed by atoms with Crippen molar-refractivity contribution in [1.82, 2.24) is 4.90 Å². The maximum atomic E-state index is 13.0. The van der Waals surface area contributed by atoms with Gasteiger partial charge in [-0.15, -0.1) is 0 Å². The van der Waals surface area contributed by atoms with E-state index in [0.717, 1.165) is 0 Å². The summed E-state index contributed by atoms with van der Waals surface area (Å²) in [6, 6.07) is 12.7. The van der Waals surface area contributed by atoms with Crippen LogP contribution in [0.5, 0.6) is 23.0 Å². The Hall–Kier alpha value is -3.42. The minimum absolute atomic E-state index is 0.0505. The molecule has 0 aliphatic carbocycles. The molecule has 5 rings (SSSR count). The molecule has 8 nitrogen and oxygen atoms in total. The highest BCUT2D eigenvalue weighted by Gasteiger charge is 2.38. The van der Waals surface area contributed by atoms with Crippen LogP contribution in [0.2, 0.25) is 0 Å². The lowest BCUT2D eigenvalue weighted by molar-refractivity contribution is -0.146. The molecule has 2 amide bonds. The van der Waals surface area contributed by atoms with Gasteiger partial charge in [0.2, 0.25) is 18.8 Å². The smallest absolute Gasteiger partial charge is 0.267 e. The van der Waals surface area contributed by atoms with Crippen LogP contribution in [0.15, 0.2) is 42.5 Å². The van der Waals surface area contributed by atoms with Crippen LogP contribution < -0.4 is 24.3 Å². The molecule has 1 N–H and O–H groups in total. The first-order valence-corrected chi connectivity index (χ1v) is 10.5. The lowest BCUT2D eigenvalue weighted by Crippen LogP contribution is -2.53. The number of hydrogen-bond acceptors (Lipinski definition) is 6. The molecule has 1 saturated heterocycles. The molecule has 2 unspecified atom stereocenters. The van der Waals surface area contributed by atoms with E-state index in [4.69, 9.17) is 18.9 Å². The number of rotatable bonds is 3. The van der Waals surface area contributed by atoms with Gasteiger partial charge in [-0.1, -0.05) is 12.1 Å². The van der Waals surface area contributed by atoms with Gasteiger partial charge in [-0.3, -0.25) is 9.59 Å². The summed E-state index contributed by atoms with van der Waals surface area (Å²) in [6.07, 6.45) is 0.129. The van der Waals surface area contributed by atoms with Gasteiger partial charge in [-0.05, 0) is 44.0 Å². The van der Waals surface area contributed by atoms with Crippen LogP contribution in [0.3, 0.4) is 0 Å². The number of piperidine rings is 1. The van der Waals surface area contributed by atoms with Crippen molar-refractivity contribution in [3.63, 3.8) is 0 Å². The van der Waals surface area contributed by atoms with Crippen LogP contribution in [-0.2, 0) is 9.59 Å². The Morgan fingerprint density at radius 3 is 2.42 bits per heavy atom. The molecule has 31 heavy (non-hydrogen) atoms. The van der Waals surface area contributed by atoms with Gasteiger partial charge in [0.25, 0.3) is 5.91 Å². The summed E-state index contributed by atoms with van der Waals surface area (Å²) in [5, 5.41) is 2.94. The summed E-state index contributed by atoms with van der Waals surface area (Å²) >= 11 is 0. The number of benzene rings is 2. The second-order valence-corrected chi connectivity index (χ2v) is 7.97. The Bertz CT molecular complexity index is 1000. The number of carbonyl (C=O) groups excluding carboxylic acids is 2. The number of likely N-dealkylation sites (tertiary alicyclic amines) is 1. The molecule has 1 fully saturated rings. The fraction of sp³-hybridized carbons (Fsp3) is 0.391. The molecule has 0 aromatic heterocycles. The Kier molecular flexibility index (Phi) is 5.05. The van der Waals surface area contributed by atoms with E-state index in [-0.39, 0.29) is 30.6 Å². The molecule has 0 spiro atoms. The van der Waals surface area contributed by atoms with Gasteiger partial charge in [0, 0.05) is 30.8 Å². The minimum Gasteiger partial charge on any atom is -0.482 e. The molecule has 3 aliphatic heterocycles. The van der Waals surface area contributed by atoms with Crippen LogP contribution >= 0.6 is 0 Å². The van der Waals surface area contributed by atoms with Crippen molar-refractivity contribution in [2.45, 2.75) is 32.0 Å². The van der Waals surface area contributed by atoms with Gasteiger partial charge in [0.1, 0.15) is 6.10 Å². The van der Waals surface area contributed by atoms with Crippen LogP contribution in [0.4, 0.5) is 5.69 Å². The van der Waals surface area contributed by atoms with Gasteiger partial charge in [0.05, 0.1) is 0 Å². The molecule has 0 radical (unpaired) electrons. The fourth-order valence-electron chi connectivity index (χ4n) is 4.15. The van der Waals surface area contributed by atoms with Crippen molar-refractivity contribution in [3.8, 4) is 23.0 Å². The summed E-state index contributed by atoms with van der Waals surface area (Å²) in [6.45, 7) is 3.04. The number of nitrogens with one attached hydrogen (secondary N) is 1. The molecular weight excluding hydrogens is 400 g/mol. The number of nitrogens with zero attached hydrogens (tertiary/aromatic N) is 1. The summed E-state index contributed by atoms with van der Waals surface area (Å²) in [5.41, 5.74) is 0.674. The van der Waals surface area contributed by atoms with E-state index in [9.17, 15) is 9.59 Å². The molecule has 2 aromatic rings. The zero-order valence-corrected chi connectivity index (χ0v) is 17.2. The van der Waals surface area contributed by atoms with Crippen molar-refractivity contribution in [3.05, 3.63) is 42.5 Å². The van der Waals surface area contributed by atoms with E-state index in [1.807, 2.05) is 25.1 Å². The zero-order chi connectivity index (χ0) is 21.4. The number of para-hydroxylation sites is 2. The van der Waals surface area contributed by atoms with E-state index < -0.39 is 6.10 Å². The number of ether oxygens (including phenoxy) is 4. The lowest BCUT2D eigenvalue weighted by atomic mass is 9.95. The number of hydrogen-bond donors (Lipinski definition) is 1. The predicted octanol–water partition coefficient (Wildman–Crippen LogP) is 2.82. The third kappa shape index (κ3) is 3.85. The zero-order valence-electron chi connectivity index (χ0n) is 17.2. The highest BCUT2D eigenvalue weighted by atomic mass is 16.7. The van der Waals surface area contributed by atoms with E-state index in [1.54, 1.807) is 29.2 Å². The quantitative estimate of drug-likeness (QED) is 0.816. The predicted molar refractivity (Wildman–Crippen MR) is 111 cm³/mol. The molecule has 2 aromatic carbocycles. The van der Waals surface area contributed by atoms with Crippen LogP contribution in [0.1, 0.15) is 19.8 Å². The van der Waals surface area contributed by atoms with Crippen LogP contribution in [-0.4, -0.2) is 48.8 Å². The summed E-state index contributed by atoms with van der Waals surface area (Å²) in [7, 11) is 0. The molecular formula is C23H24N2O6. The molecule has 3 aliphatic rings. The minimum atomic E-state index is -0.686. The average molecular weight is 424 g/mol. The summed E-state index contributed by atoms with van der Waals surface area (Å²) in [5.74, 6) is 2.23. The number of fused-ring (bicyclic) bond motifs is 2. The third-order valence-electron chi connectivity index (χ3n) is 5.90. The molecule has 162 valence electrons. The van der Waals surface area contributed by atoms with Gasteiger partial charge >= 0.3 is 0 Å². The van der Waals surface area contributed by atoms with E-state index in [1.165, 1.54) is 0 Å². The van der Waals surface area contributed by atoms with E-state index in [2.05, 4.69) is 5.32 Å². The Balaban J connectivity index is 1.17. The highest BCUT2D eigenvalue weighted by molar-refractivity contribution is 5.93. The van der Waals surface area contributed by atoms with Gasteiger partial charge in [-0.25, -0.2) is 0 Å². The van der Waals surface area contributed by atoms with Crippen molar-refractivity contribution >= 4 is 17.5 Å². The fourth-order valence-corrected chi connectivity index (χ4v) is 4.15. The second-order valence-electron chi connectivity index (χ2n) is 7.97. The Labute approximate surface area is 180 Å². The van der Waals surface area contributed by atoms with Gasteiger partial charge in [0.15, 0.2) is 23.0 Å². The molecule has 3 heterocycles. The monoisotopic (exact) mass is 424 g/mol. The maximum Gasteiger partial charge on any atom is 0.267 e. The summed E-state index contributed by atoms with van der Waals surface area (Å²) in [4.78, 5) is 27.5. The molecule has 2 atom stereocenters. The van der Waals surface area contributed by atoms with Crippen LogP contribution in [0, 0.1) is 5.92 Å². The van der Waals surface area contributed by atoms with Crippen molar-refractivity contribution in [2.75, 3.05) is 25.2 Å². The first-order valence-electron chi connectivity index (χ1n) is 10.5. The second kappa shape index (κ2) is 8.02. The average Bonchev–Trinajstić information content (AvgIpc) is 3.26. The van der Waals surface area contributed by atoms with Crippen molar-refractivity contribution in [2.24, 2.45) is 5.92 Å². The van der Waals surface area contributed by atoms with Crippen LogP contribution in [0.25, 0.3) is 0 Å². The SMILES string of the molecule is CC1Oc2ccccc2OC1C(=O)N1CCC(C(=O)Nc2ccc3c(c2)OCO3)CC1. The normalized spacial score (nSPS) is 22.2. The third-order valence-corrected chi connectivity index (χ3v) is 5.90. The van der Waals surface area contributed by atoms with E-state index >= 15 is 0 Å². The topological polar surface area (TPSA) is 86.3 Å². The largest absolute Gasteiger partial charge is 0.482 e. The molecule has 0 bridgehead atoms. The molecule has 0 saturated carbocycles. The maximum absolute atomic E-state index is 13.0. The number of anilines is 1. The Morgan fingerprint density at radius 1 is 0.935 bits per heavy atom. The van der Waals surface area contributed by atoms with Crippen molar-refractivity contribution in [1.29, 1.82) is 0 Å². The van der Waals surface area contributed by atoms with Crippen molar-refractivity contribution < 1.29 is 28.5 Å². The lowest BCUT2D eigenvalue weighted by Gasteiger charge is -2.37. The standard InChI is InChI=1S/C23H24N2O6/c1-14-21(31-19-5-3-2-4-18(19)30-14)23(27)25-10-8-15(9-11-25)22(26)24-16-6-7-17-20(12-16)29-13-28-17/h2-7,12,14-15,21H,8-11,13H2,1H3,(H,24,26). The van der Waals surface area contributed by atoms with Gasteiger partial charge < -0.3 is 29.2 Å². The highest BCUT2D eigenvalue weighted by Crippen LogP contribution is 2.35. The van der Waals surface area contributed by atoms with Gasteiger partial charge in [-0.2, -0.15) is 0 Å². The Morgan fingerprint density at radius 2 is 1.65 bits per heavy atom. The molecule has 8 heteroatoms.